The van der Waals surface area contributed by atoms with E-state index in [9.17, 15) is 0 Å². The van der Waals surface area contributed by atoms with Gasteiger partial charge in [0.05, 0.1) is 11.6 Å². The molecule has 2 nitrogen and oxygen atoms in total. The van der Waals surface area contributed by atoms with Crippen molar-refractivity contribution < 1.29 is 0 Å². The van der Waals surface area contributed by atoms with Crippen molar-refractivity contribution in [3.63, 3.8) is 0 Å². The summed E-state index contributed by atoms with van der Waals surface area (Å²) in [5.41, 5.74) is 2.22. The zero-order valence-electron chi connectivity index (χ0n) is 12.5. The lowest BCUT2D eigenvalue weighted by atomic mass is 9.40. The fraction of sp³-hybridized carbons (Fsp3) is 0.765. The van der Waals surface area contributed by atoms with Crippen LogP contribution >= 0.6 is 11.6 Å². The van der Waals surface area contributed by atoms with Gasteiger partial charge in [0.2, 0.25) is 0 Å². The Morgan fingerprint density at radius 3 is 2.45 bits per heavy atom. The first-order chi connectivity index (χ1) is 9.44. The molecule has 1 heterocycles. The SMILES string of the molecule is CC12CC3CC(C)(C1)CC(c1nccc(CCl)n1)(C3)C2. The Balaban J connectivity index is 1.80. The molecule has 108 valence electrons. The monoisotopic (exact) mass is 290 g/mol. The fourth-order valence-electron chi connectivity index (χ4n) is 6.42. The first-order valence-corrected chi connectivity index (χ1v) is 8.36. The largest absolute Gasteiger partial charge is 0.241 e. The van der Waals surface area contributed by atoms with E-state index in [1.165, 1.54) is 38.5 Å². The van der Waals surface area contributed by atoms with Gasteiger partial charge in [-0.15, -0.1) is 11.6 Å². The van der Waals surface area contributed by atoms with E-state index in [0.29, 0.717) is 16.7 Å². The zero-order chi connectivity index (χ0) is 14.0. The van der Waals surface area contributed by atoms with Gasteiger partial charge in [-0.05, 0) is 61.3 Å². The third-order valence-electron chi connectivity index (χ3n) is 5.95. The summed E-state index contributed by atoms with van der Waals surface area (Å²) < 4.78 is 0. The second kappa shape index (κ2) is 3.97. The predicted octanol–water partition coefficient (Wildman–Crippen LogP) is 4.46. The lowest BCUT2D eigenvalue weighted by Crippen LogP contribution is -2.57. The van der Waals surface area contributed by atoms with Gasteiger partial charge in [0.15, 0.2) is 0 Å². The predicted molar refractivity (Wildman–Crippen MR) is 80.7 cm³/mol. The van der Waals surface area contributed by atoms with Gasteiger partial charge in [0.25, 0.3) is 0 Å². The zero-order valence-corrected chi connectivity index (χ0v) is 13.2. The number of rotatable bonds is 2. The molecule has 4 fully saturated rings. The molecule has 3 heteroatoms. The number of halogens is 1. The molecule has 0 aromatic carbocycles. The third kappa shape index (κ3) is 1.83. The number of aromatic nitrogens is 2. The molecule has 0 saturated heterocycles. The van der Waals surface area contributed by atoms with Crippen LogP contribution in [0, 0.1) is 16.7 Å². The van der Waals surface area contributed by atoms with Gasteiger partial charge in [0, 0.05) is 11.6 Å². The van der Waals surface area contributed by atoms with E-state index < -0.39 is 0 Å². The van der Waals surface area contributed by atoms with Gasteiger partial charge in [-0.2, -0.15) is 0 Å². The maximum Gasteiger partial charge on any atom is 0.134 e. The number of hydrogen-bond acceptors (Lipinski definition) is 2. The molecular weight excluding hydrogens is 268 g/mol. The Labute approximate surface area is 126 Å². The van der Waals surface area contributed by atoms with Crippen LogP contribution in [0.15, 0.2) is 12.3 Å². The highest BCUT2D eigenvalue weighted by Crippen LogP contribution is 2.69. The Morgan fingerprint density at radius 1 is 1.15 bits per heavy atom. The average Bonchev–Trinajstić information content (AvgIpc) is 2.34. The molecular formula is C17H23ClN2. The Hall–Kier alpha value is -0.630. The van der Waals surface area contributed by atoms with Crippen LogP contribution in [0.3, 0.4) is 0 Å². The van der Waals surface area contributed by atoms with E-state index in [0.717, 1.165) is 17.4 Å². The maximum absolute atomic E-state index is 5.97. The van der Waals surface area contributed by atoms with Crippen LogP contribution in [0.4, 0.5) is 0 Å². The molecule has 0 aliphatic heterocycles. The molecule has 4 aliphatic carbocycles. The highest BCUT2D eigenvalue weighted by molar-refractivity contribution is 6.16. The van der Waals surface area contributed by atoms with Crippen molar-refractivity contribution in [3.8, 4) is 0 Å². The van der Waals surface area contributed by atoms with Gasteiger partial charge in [-0.1, -0.05) is 13.8 Å². The van der Waals surface area contributed by atoms with Gasteiger partial charge in [0.1, 0.15) is 5.82 Å². The summed E-state index contributed by atoms with van der Waals surface area (Å²) >= 11 is 5.97. The van der Waals surface area contributed by atoms with Crippen molar-refractivity contribution in [2.75, 3.05) is 0 Å². The van der Waals surface area contributed by atoms with Crippen LogP contribution in [-0.4, -0.2) is 9.97 Å². The van der Waals surface area contributed by atoms with Crippen molar-refractivity contribution in [1.82, 2.24) is 9.97 Å². The van der Waals surface area contributed by atoms with Crippen LogP contribution in [0.25, 0.3) is 0 Å². The summed E-state index contributed by atoms with van der Waals surface area (Å²) in [5, 5.41) is 0. The van der Waals surface area contributed by atoms with Gasteiger partial charge >= 0.3 is 0 Å². The molecule has 0 spiro atoms. The second-order valence-corrected chi connectivity index (χ2v) is 8.68. The lowest BCUT2D eigenvalue weighted by Gasteiger charge is -2.64. The average molecular weight is 291 g/mol. The lowest BCUT2D eigenvalue weighted by molar-refractivity contribution is -0.112. The van der Waals surface area contributed by atoms with Crippen molar-refractivity contribution in [3.05, 3.63) is 23.8 Å². The van der Waals surface area contributed by atoms with Crippen molar-refractivity contribution in [2.24, 2.45) is 16.7 Å². The van der Waals surface area contributed by atoms with Gasteiger partial charge < -0.3 is 0 Å². The molecule has 0 N–H and O–H groups in total. The molecule has 1 aromatic heterocycles. The van der Waals surface area contributed by atoms with E-state index >= 15 is 0 Å². The number of nitrogens with zero attached hydrogens (tertiary/aromatic N) is 2. The van der Waals surface area contributed by atoms with Crippen molar-refractivity contribution >= 4 is 11.6 Å². The van der Waals surface area contributed by atoms with E-state index in [-0.39, 0.29) is 5.41 Å². The molecule has 5 rings (SSSR count). The summed E-state index contributed by atoms with van der Waals surface area (Å²) in [6.45, 7) is 4.99. The highest BCUT2D eigenvalue weighted by atomic mass is 35.5. The molecule has 4 aliphatic rings. The van der Waals surface area contributed by atoms with Crippen LogP contribution < -0.4 is 0 Å². The minimum Gasteiger partial charge on any atom is -0.241 e. The van der Waals surface area contributed by atoms with Gasteiger partial charge in [-0.25, -0.2) is 9.97 Å². The van der Waals surface area contributed by atoms with Crippen LogP contribution in [0.5, 0.6) is 0 Å². The molecule has 0 radical (unpaired) electrons. The summed E-state index contributed by atoms with van der Waals surface area (Å²) in [5.74, 6) is 2.45. The number of alkyl halides is 1. The Morgan fingerprint density at radius 2 is 1.85 bits per heavy atom. The normalized spacial score (nSPS) is 45.9. The van der Waals surface area contributed by atoms with E-state index in [4.69, 9.17) is 16.6 Å². The topological polar surface area (TPSA) is 25.8 Å². The molecule has 0 amide bonds. The van der Waals surface area contributed by atoms with E-state index in [1.807, 2.05) is 12.3 Å². The highest BCUT2D eigenvalue weighted by Gasteiger charge is 2.61. The first kappa shape index (κ1) is 13.1. The molecule has 2 unspecified atom stereocenters. The molecule has 2 atom stereocenters. The standard InChI is InChI=1S/C17H23ClN2/c1-15-5-12-6-16(2,9-15)11-17(7-12,10-15)14-19-4-3-13(8-18)20-14/h3-4,12H,5-11H2,1-2H3. The van der Waals surface area contributed by atoms with Crippen LogP contribution in [0.2, 0.25) is 0 Å². The third-order valence-corrected chi connectivity index (χ3v) is 6.22. The minimum atomic E-state index is 0.227. The van der Waals surface area contributed by atoms with E-state index in [1.54, 1.807) is 0 Å². The molecule has 4 bridgehead atoms. The maximum atomic E-state index is 5.97. The fourth-order valence-corrected chi connectivity index (χ4v) is 6.57. The minimum absolute atomic E-state index is 0.227. The Bertz CT molecular complexity index is 538. The second-order valence-electron chi connectivity index (χ2n) is 8.42. The van der Waals surface area contributed by atoms with Crippen molar-refractivity contribution in [2.45, 2.75) is 63.7 Å². The summed E-state index contributed by atoms with van der Waals surface area (Å²) in [6.07, 6.45) is 9.98. The summed E-state index contributed by atoms with van der Waals surface area (Å²) in [6, 6.07) is 1.94. The molecule has 4 saturated carbocycles. The smallest absolute Gasteiger partial charge is 0.134 e. The van der Waals surface area contributed by atoms with E-state index in [2.05, 4.69) is 18.8 Å². The molecule has 20 heavy (non-hydrogen) atoms. The van der Waals surface area contributed by atoms with Crippen LogP contribution in [-0.2, 0) is 11.3 Å². The van der Waals surface area contributed by atoms with Crippen molar-refractivity contribution in [1.29, 1.82) is 0 Å². The summed E-state index contributed by atoms with van der Waals surface area (Å²) in [7, 11) is 0. The first-order valence-electron chi connectivity index (χ1n) is 7.83. The summed E-state index contributed by atoms with van der Waals surface area (Å²) in [4.78, 5) is 9.47. The quantitative estimate of drug-likeness (QED) is 0.751. The Kier molecular flexibility index (Phi) is 2.59. The number of hydrogen-bond donors (Lipinski definition) is 0. The molecule has 1 aromatic rings. The van der Waals surface area contributed by atoms with Gasteiger partial charge in [-0.3, -0.25) is 0 Å². The van der Waals surface area contributed by atoms with Crippen LogP contribution in [0.1, 0.15) is 63.9 Å².